The number of hydrogen-bond acceptors (Lipinski definition) is 2. The molecular formula is C12H22N4S. The maximum atomic E-state index is 5.25. The average molecular weight is 254 g/mol. The fraction of sp³-hybridized carbons (Fsp3) is 0.667. The molecule has 0 saturated carbocycles. The highest BCUT2D eigenvalue weighted by Gasteiger charge is 2.11. The average Bonchev–Trinajstić information content (AvgIpc) is 2.74. The quantitative estimate of drug-likeness (QED) is 0.790. The lowest BCUT2D eigenvalue weighted by molar-refractivity contribution is 0.557. The molecule has 1 aromatic heterocycles. The summed E-state index contributed by atoms with van der Waals surface area (Å²) in [5.74, 6) is 0.589. The highest BCUT2D eigenvalue weighted by molar-refractivity contribution is 7.80. The minimum Gasteiger partial charge on any atom is -0.362 e. The molecule has 0 spiro atoms. The van der Waals surface area contributed by atoms with E-state index in [1.54, 1.807) is 0 Å². The van der Waals surface area contributed by atoms with Crippen LogP contribution in [0.1, 0.15) is 39.4 Å². The second-order valence-electron chi connectivity index (χ2n) is 4.54. The molecule has 17 heavy (non-hydrogen) atoms. The van der Waals surface area contributed by atoms with Crippen LogP contribution in [0.4, 0.5) is 0 Å². The molecule has 96 valence electrons. The Morgan fingerprint density at radius 2 is 2.18 bits per heavy atom. The van der Waals surface area contributed by atoms with Crippen molar-refractivity contribution in [3.05, 3.63) is 18.0 Å². The number of hydrogen-bond donors (Lipinski definition) is 2. The summed E-state index contributed by atoms with van der Waals surface area (Å²) in [6.45, 7) is 10.3. The summed E-state index contributed by atoms with van der Waals surface area (Å²) >= 11 is 5.25. The van der Waals surface area contributed by atoms with Gasteiger partial charge in [-0.3, -0.25) is 4.68 Å². The molecule has 0 aliphatic rings. The van der Waals surface area contributed by atoms with Gasteiger partial charge >= 0.3 is 0 Å². The summed E-state index contributed by atoms with van der Waals surface area (Å²) in [4.78, 5) is 0. The third-order valence-corrected chi connectivity index (χ3v) is 2.77. The van der Waals surface area contributed by atoms with Gasteiger partial charge < -0.3 is 10.6 Å². The van der Waals surface area contributed by atoms with E-state index in [9.17, 15) is 0 Å². The zero-order valence-electron chi connectivity index (χ0n) is 11.0. The van der Waals surface area contributed by atoms with Crippen LogP contribution in [0.3, 0.4) is 0 Å². The molecule has 0 saturated heterocycles. The van der Waals surface area contributed by atoms with Gasteiger partial charge in [0.25, 0.3) is 0 Å². The Morgan fingerprint density at radius 1 is 1.47 bits per heavy atom. The molecule has 0 aliphatic heterocycles. The molecule has 0 amide bonds. The Bertz CT molecular complexity index is 359. The van der Waals surface area contributed by atoms with E-state index in [2.05, 4.69) is 43.4 Å². The van der Waals surface area contributed by atoms with Gasteiger partial charge in [-0.15, -0.1) is 0 Å². The Balaban J connectivity index is 2.48. The van der Waals surface area contributed by atoms with Crippen molar-refractivity contribution in [2.75, 3.05) is 6.54 Å². The molecule has 5 heteroatoms. The van der Waals surface area contributed by atoms with Crippen molar-refractivity contribution in [3.8, 4) is 0 Å². The lowest BCUT2D eigenvalue weighted by atomic mass is 10.2. The summed E-state index contributed by atoms with van der Waals surface area (Å²) < 4.78 is 1.97. The molecule has 1 heterocycles. The van der Waals surface area contributed by atoms with Crippen LogP contribution in [0.25, 0.3) is 0 Å². The van der Waals surface area contributed by atoms with Crippen molar-refractivity contribution in [3.63, 3.8) is 0 Å². The van der Waals surface area contributed by atoms with Gasteiger partial charge in [0.2, 0.25) is 0 Å². The third kappa shape index (κ3) is 4.34. The number of nitrogens with zero attached hydrogens (tertiary/aromatic N) is 2. The fourth-order valence-corrected chi connectivity index (χ4v) is 1.85. The zero-order valence-corrected chi connectivity index (χ0v) is 11.8. The van der Waals surface area contributed by atoms with Crippen molar-refractivity contribution in [1.82, 2.24) is 20.4 Å². The Labute approximate surface area is 109 Å². The van der Waals surface area contributed by atoms with E-state index in [4.69, 9.17) is 12.2 Å². The first kappa shape index (κ1) is 14.0. The molecule has 2 N–H and O–H groups in total. The standard InChI is InChI=1S/C12H22N4S/c1-5-16-11(6-7-14-16)10(4)15-12(17)13-8-9(2)3/h6-7,9-10H,5,8H2,1-4H3,(H2,13,15,17). The van der Waals surface area contributed by atoms with Gasteiger partial charge in [-0.25, -0.2) is 0 Å². The lowest BCUT2D eigenvalue weighted by Crippen LogP contribution is -2.39. The number of aryl methyl sites for hydroxylation is 1. The fourth-order valence-electron chi connectivity index (χ4n) is 1.59. The van der Waals surface area contributed by atoms with E-state index in [-0.39, 0.29) is 6.04 Å². The predicted octanol–water partition coefficient (Wildman–Crippen LogP) is 2.08. The van der Waals surface area contributed by atoms with Crippen LogP contribution in [0.2, 0.25) is 0 Å². The summed E-state index contributed by atoms with van der Waals surface area (Å²) in [6.07, 6.45) is 1.82. The first-order valence-electron chi connectivity index (χ1n) is 6.10. The maximum Gasteiger partial charge on any atom is 0.166 e. The predicted molar refractivity (Wildman–Crippen MR) is 74.9 cm³/mol. The largest absolute Gasteiger partial charge is 0.362 e. The molecule has 0 fully saturated rings. The van der Waals surface area contributed by atoms with Crippen LogP contribution < -0.4 is 10.6 Å². The van der Waals surface area contributed by atoms with E-state index >= 15 is 0 Å². The molecule has 0 radical (unpaired) electrons. The first-order chi connectivity index (χ1) is 8.04. The molecule has 1 unspecified atom stereocenters. The van der Waals surface area contributed by atoms with E-state index in [0.29, 0.717) is 11.0 Å². The maximum absolute atomic E-state index is 5.25. The highest BCUT2D eigenvalue weighted by Crippen LogP contribution is 2.11. The van der Waals surface area contributed by atoms with Crippen LogP contribution in [0, 0.1) is 5.92 Å². The second kappa shape index (κ2) is 6.59. The van der Waals surface area contributed by atoms with Crippen LogP contribution in [0.15, 0.2) is 12.3 Å². The van der Waals surface area contributed by atoms with Crippen LogP contribution >= 0.6 is 12.2 Å². The van der Waals surface area contributed by atoms with Crippen LogP contribution in [-0.4, -0.2) is 21.4 Å². The van der Waals surface area contributed by atoms with Crippen molar-refractivity contribution < 1.29 is 0 Å². The van der Waals surface area contributed by atoms with Crippen LogP contribution in [-0.2, 0) is 6.54 Å². The topological polar surface area (TPSA) is 41.9 Å². The number of nitrogens with one attached hydrogen (secondary N) is 2. The Kier molecular flexibility index (Phi) is 5.41. The third-order valence-electron chi connectivity index (χ3n) is 2.51. The van der Waals surface area contributed by atoms with Crippen molar-refractivity contribution in [2.45, 2.75) is 40.3 Å². The van der Waals surface area contributed by atoms with E-state index in [0.717, 1.165) is 18.8 Å². The second-order valence-corrected chi connectivity index (χ2v) is 4.95. The minimum absolute atomic E-state index is 0.171. The zero-order chi connectivity index (χ0) is 12.8. The SMILES string of the molecule is CCn1nccc1C(C)NC(=S)NCC(C)C. The van der Waals surface area contributed by atoms with Gasteiger partial charge in [-0.1, -0.05) is 13.8 Å². The van der Waals surface area contributed by atoms with Gasteiger partial charge in [0, 0.05) is 19.3 Å². The summed E-state index contributed by atoms with van der Waals surface area (Å²) in [7, 11) is 0. The lowest BCUT2D eigenvalue weighted by Gasteiger charge is -2.18. The van der Waals surface area contributed by atoms with Crippen molar-refractivity contribution in [1.29, 1.82) is 0 Å². The summed E-state index contributed by atoms with van der Waals surface area (Å²) in [5.41, 5.74) is 1.15. The van der Waals surface area contributed by atoms with Gasteiger partial charge in [0.15, 0.2) is 5.11 Å². The monoisotopic (exact) mass is 254 g/mol. The number of aromatic nitrogens is 2. The Hall–Kier alpha value is -1.10. The van der Waals surface area contributed by atoms with Gasteiger partial charge in [0.1, 0.15) is 0 Å². The number of rotatable bonds is 5. The summed E-state index contributed by atoms with van der Waals surface area (Å²) in [6, 6.07) is 2.19. The molecule has 1 rings (SSSR count). The molecule has 0 aromatic carbocycles. The number of thiocarbonyl (C=S) groups is 1. The highest BCUT2D eigenvalue weighted by atomic mass is 32.1. The smallest absolute Gasteiger partial charge is 0.166 e. The molecule has 1 aromatic rings. The molecule has 0 bridgehead atoms. The molecular weight excluding hydrogens is 232 g/mol. The van der Waals surface area contributed by atoms with Gasteiger partial charge in [-0.05, 0) is 38.0 Å². The Morgan fingerprint density at radius 3 is 2.76 bits per heavy atom. The van der Waals surface area contributed by atoms with Gasteiger partial charge in [-0.2, -0.15) is 5.10 Å². The molecule has 0 aliphatic carbocycles. The normalized spacial score (nSPS) is 12.5. The molecule has 4 nitrogen and oxygen atoms in total. The van der Waals surface area contributed by atoms with Crippen molar-refractivity contribution in [2.24, 2.45) is 5.92 Å². The molecule has 1 atom stereocenters. The van der Waals surface area contributed by atoms with Crippen molar-refractivity contribution >= 4 is 17.3 Å². The van der Waals surface area contributed by atoms with Crippen LogP contribution in [0.5, 0.6) is 0 Å². The first-order valence-corrected chi connectivity index (χ1v) is 6.51. The summed E-state index contributed by atoms with van der Waals surface area (Å²) in [5, 5.41) is 11.4. The van der Waals surface area contributed by atoms with E-state index in [1.807, 2.05) is 16.9 Å². The van der Waals surface area contributed by atoms with Gasteiger partial charge in [0.05, 0.1) is 11.7 Å². The van der Waals surface area contributed by atoms with E-state index < -0.39 is 0 Å². The minimum atomic E-state index is 0.171. The van der Waals surface area contributed by atoms with E-state index in [1.165, 1.54) is 0 Å².